The Balaban J connectivity index is 2.41. The van der Waals surface area contributed by atoms with Gasteiger partial charge in [0, 0.05) is 16.7 Å². The van der Waals surface area contributed by atoms with Crippen LogP contribution in [-0.4, -0.2) is 23.6 Å². The maximum absolute atomic E-state index is 9.17. The molecular weight excluding hydrogens is 253 g/mol. The van der Waals surface area contributed by atoms with Crippen molar-refractivity contribution in [1.82, 2.24) is 0 Å². The van der Waals surface area contributed by atoms with Crippen LogP contribution in [0.5, 0.6) is 0 Å². The van der Waals surface area contributed by atoms with E-state index in [9.17, 15) is 5.11 Å². The van der Waals surface area contributed by atoms with Gasteiger partial charge in [-0.25, -0.2) is 0 Å². The number of aliphatic hydroxyl groups excluding tert-OH is 1. The molecule has 0 saturated heterocycles. The molecule has 2 nitrogen and oxygen atoms in total. The lowest BCUT2D eigenvalue weighted by molar-refractivity contribution is 0.211. The van der Waals surface area contributed by atoms with Crippen LogP contribution < -0.4 is 5.32 Å². The van der Waals surface area contributed by atoms with Crippen LogP contribution in [0.1, 0.15) is 0 Å². The Morgan fingerprint density at radius 1 is 1.38 bits per heavy atom. The predicted octanol–water partition coefficient (Wildman–Crippen LogP) is 2.46. The first kappa shape index (κ1) is 10.8. The minimum absolute atomic E-state index is 0.254. The third-order valence-electron chi connectivity index (χ3n) is 1.56. The third-order valence-corrected chi connectivity index (χ3v) is 2.45. The van der Waals surface area contributed by atoms with Crippen molar-refractivity contribution in [1.29, 1.82) is 0 Å². The van der Waals surface area contributed by atoms with Gasteiger partial charge >= 0.3 is 0 Å². The molecule has 0 spiro atoms. The molecular formula is C9H11BrClNO. The number of anilines is 1. The highest BCUT2D eigenvalue weighted by Crippen LogP contribution is 2.13. The zero-order valence-electron chi connectivity index (χ0n) is 7.00. The van der Waals surface area contributed by atoms with E-state index in [4.69, 9.17) is 11.6 Å². The molecule has 0 amide bonds. The Labute approximate surface area is 91.0 Å². The second kappa shape index (κ2) is 5.47. The number of rotatable bonds is 4. The minimum Gasteiger partial charge on any atom is -0.390 e. The smallest absolute Gasteiger partial charge is 0.0847 e. The van der Waals surface area contributed by atoms with Gasteiger partial charge in [0.05, 0.1) is 12.0 Å². The maximum atomic E-state index is 9.17. The lowest BCUT2D eigenvalue weighted by atomic mass is 10.3. The van der Waals surface area contributed by atoms with Crippen molar-refractivity contribution in [2.24, 2.45) is 0 Å². The van der Waals surface area contributed by atoms with Crippen LogP contribution in [0.3, 0.4) is 0 Å². The summed E-state index contributed by atoms with van der Waals surface area (Å²) in [6, 6.07) is 7.75. The second-order valence-electron chi connectivity index (χ2n) is 2.70. The molecule has 0 heterocycles. The van der Waals surface area contributed by atoms with Crippen molar-refractivity contribution < 1.29 is 5.11 Å². The Morgan fingerprint density at radius 3 is 2.54 bits per heavy atom. The molecule has 1 rings (SSSR count). The van der Waals surface area contributed by atoms with E-state index in [0.29, 0.717) is 6.54 Å². The van der Waals surface area contributed by atoms with E-state index in [1.54, 1.807) is 0 Å². The van der Waals surface area contributed by atoms with Crippen LogP contribution in [0.4, 0.5) is 5.69 Å². The van der Waals surface area contributed by atoms with Crippen molar-refractivity contribution in [3.8, 4) is 0 Å². The summed E-state index contributed by atoms with van der Waals surface area (Å²) >= 11 is 8.79. The van der Waals surface area contributed by atoms with Gasteiger partial charge in [0.25, 0.3) is 0 Å². The topological polar surface area (TPSA) is 32.3 Å². The lowest BCUT2D eigenvalue weighted by Crippen LogP contribution is -2.20. The highest BCUT2D eigenvalue weighted by atomic mass is 79.9. The largest absolute Gasteiger partial charge is 0.390 e. The van der Waals surface area contributed by atoms with Crippen molar-refractivity contribution in [3.63, 3.8) is 0 Å². The summed E-state index contributed by atoms with van der Waals surface area (Å²) < 4.78 is 1.04. The number of nitrogens with one attached hydrogen (secondary N) is 1. The van der Waals surface area contributed by atoms with E-state index in [1.165, 1.54) is 0 Å². The van der Waals surface area contributed by atoms with E-state index < -0.39 is 6.10 Å². The Morgan fingerprint density at radius 2 is 2.00 bits per heavy atom. The number of alkyl halides is 1. The number of halogens is 2. The van der Waals surface area contributed by atoms with Gasteiger partial charge in [0.1, 0.15) is 0 Å². The van der Waals surface area contributed by atoms with Crippen molar-refractivity contribution in [2.75, 3.05) is 17.7 Å². The molecule has 0 unspecified atom stereocenters. The molecule has 0 radical (unpaired) electrons. The summed E-state index contributed by atoms with van der Waals surface area (Å²) in [5.41, 5.74) is 0.979. The van der Waals surface area contributed by atoms with Gasteiger partial charge in [0.2, 0.25) is 0 Å². The minimum atomic E-state index is -0.495. The molecule has 0 aliphatic heterocycles. The molecule has 1 aromatic rings. The fourth-order valence-electron chi connectivity index (χ4n) is 0.858. The molecule has 0 aromatic heterocycles. The molecule has 0 aliphatic rings. The summed E-state index contributed by atoms with van der Waals surface area (Å²) in [6.45, 7) is 0.477. The van der Waals surface area contributed by atoms with Crippen LogP contribution in [0.15, 0.2) is 28.7 Å². The van der Waals surface area contributed by atoms with E-state index in [-0.39, 0.29) is 5.88 Å². The highest BCUT2D eigenvalue weighted by molar-refractivity contribution is 9.10. The van der Waals surface area contributed by atoms with Gasteiger partial charge < -0.3 is 10.4 Å². The third kappa shape index (κ3) is 3.98. The normalized spacial score (nSPS) is 12.5. The summed E-state index contributed by atoms with van der Waals surface area (Å²) in [5.74, 6) is 0.254. The van der Waals surface area contributed by atoms with Crippen LogP contribution in [0, 0.1) is 0 Å². The predicted molar refractivity (Wildman–Crippen MR) is 59.4 cm³/mol. The van der Waals surface area contributed by atoms with Crippen molar-refractivity contribution >= 4 is 33.2 Å². The molecule has 72 valence electrons. The molecule has 1 aromatic carbocycles. The fraction of sp³-hybridized carbons (Fsp3) is 0.333. The van der Waals surface area contributed by atoms with Gasteiger partial charge in [-0.15, -0.1) is 11.6 Å². The first-order chi connectivity index (χ1) is 6.22. The van der Waals surface area contributed by atoms with Crippen LogP contribution >= 0.6 is 27.5 Å². The first-order valence-corrected chi connectivity index (χ1v) is 5.28. The van der Waals surface area contributed by atoms with Crippen molar-refractivity contribution in [3.05, 3.63) is 28.7 Å². The lowest BCUT2D eigenvalue weighted by Gasteiger charge is -2.09. The van der Waals surface area contributed by atoms with Gasteiger partial charge in [-0.1, -0.05) is 15.9 Å². The Hall–Kier alpha value is -0.250. The van der Waals surface area contributed by atoms with Gasteiger partial charge in [0.15, 0.2) is 0 Å². The SMILES string of the molecule is O[C@H](CCl)CNc1ccc(Br)cc1. The summed E-state index contributed by atoms with van der Waals surface area (Å²) in [6.07, 6.45) is -0.495. The van der Waals surface area contributed by atoms with Gasteiger partial charge in [-0.3, -0.25) is 0 Å². The summed E-state index contributed by atoms with van der Waals surface area (Å²) in [7, 11) is 0. The maximum Gasteiger partial charge on any atom is 0.0847 e. The fourth-order valence-corrected chi connectivity index (χ4v) is 1.23. The zero-order chi connectivity index (χ0) is 9.68. The Bertz CT molecular complexity index is 252. The van der Waals surface area contributed by atoms with Crippen molar-refractivity contribution in [2.45, 2.75) is 6.10 Å². The van der Waals surface area contributed by atoms with E-state index in [0.717, 1.165) is 10.2 Å². The van der Waals surface area contributed by atoms with E-state index in [2.05, 4.69) is 21.2 Å². The molecule has 4 heteroatoms. The van der Waals surface area contributed by atoms with Crippen LogP contribution in [0.2, 0.25) is 0 Å². The Kier molecular flexibility index (Phi) is 4.56. The average Bonchev–Trinajstić information content (AvgIpc) is 2.16. The van der Waals surface area contributed by atoms with Gasteiger partial charge in [-0.2, -0.15) is 0 Å². The molecule has 0 bridgehead atoms. The monoisotopic (exact) mass is 263 g/mol. The molecule has 1 atom stereocenters. The molecule has 2 N–H and O–H groups in total. The highest BCUT2D eigenvalue weighted by Gasteiger charge is 2.00. The second-order valence-corrected chi connectivity index (χ2v) is 3.92. The molecule has 0 fully saturated rings. The van der Waals surface area contributed by atoms with E-state index in [1.807, 2.05) is 24.3 Å². The molecule has 0 saturated carbocycles. The zero-order valence-corrected chi connectivity index (χ0v) is 9.35. The summed E-state index contributed by atoms with van der Waals surface area (Å²) in [4.78, 5) is 0. The quantitative estimate of drug-likeness (QED) is 0.819. The van der Waals surface area contributed by atoms with Gasteiger partial charge in [-0.05, 0) is 24.3 Å². The number of benzene rings is 1. The molecule has 13 heavy (non-hydrogen) atoms. The number of hydrogen-bond donors (Lipinski definition) is 2. The average molecular weight is 265 g/mol. The molecule has 0 aliphatic carbocycles. The first-order valence-electron chi connectivity index (χ1n) is 3.96. The number of hydrogen-bond acceptors (Lipinski definition) is 2. The van der Waals surface area contributed by atoms with Crippen LogP contribution in [0.25, 0.3) is 0 Å². The summed E-state index contributed by atoms with van der Waals surface area (Å²) in [5, 5.41) is 12.2. The van der Waals surface area contributed by atoms with Crippen LogP contribution in [-0.2, 0) is 0 Å². The van der Waals surface area contributed by atoms with E-state index >= 15 is 0 Å². The standard InChI is InChI=1S/C9H11BrClNO/c10-7-1-3-8(4-2-7)12-6-9(13)5-11/h1-4,9,12-13H,5-6H2/t9-/m1/s1. The number of aliphatic hydroxyl groups is 1.